The first-order valence-corrected chi connectivity index (χ1v) is 6.23. The molecule has 0 bridgehead atoms. The Morgan fingerprint density at radius 1 is 1.24 bits per heavy atom. The summed E-state index contributed by atoms with van der Waals surface area (Å²) in [4.78, 5) is 4.12. The lowest BCUT2D eigenvalue weighted by atomic mass is 9.79. The second kappa shape index (κ2) is 4.95. The highest BCUT2D eigenvalue weighted by Gasteiger charge is 2.53. The van der Waals surface area contributed by atoms with Gasteiger partial charge in [-0.2, -0.15) is 0 Å². The summed E-state index contributed by atoms with van der Waals surface area (Å²) in [6, 6.07) is 0. The molecule has 1 aliphatic rings. The SMILES string of the molecule is CCC1(C)OB(/C(C)=C/C(C)=NC)OC1(C)C. The van der Waals surface area contributed by atoms with Crippen molar-refractivity contribution >= 4 is 12.8 Å². The molecule has 0 amide bonds. The summed E-state index contributed by atoms with van der Waals surface area (Å²) in [5.41, 5.74) is 1.55. The predicted octanol–water partition coefficient (Wildman–Crippen LogP) is 3.04. The molecule has 1 fully saturated rings. The van der Waals surface area contributed by atoms with Crippen molar-refractivity contribution in [3.8, 4) is 0 Å². The van der Waals surface area contributed by atoms with Gasteiger partial charge in [-0.15, -0.1) is 0 Å². The van der Waals surface area contributed by atoms with Gasteiger partial charge >= 0.3 is 7.12 Å². The van der Waals surface area contributed by atoms with E-state index in [1.807, 2.05) is 19.9 Å². The van der Waals surface area contributed by atoms with Gasteiger partial charge in [0.15, 0.2) is 0 Å². The predicted molar refractivity (Wildman–Crippen MR) is 73.5 cm³/mol. The zero-order valence-electron chi connectivity index (χ0n) is 12.1. The van der Waals surface area contributed by atoms with Crippen molar-refractivity contribution < 1.29 is 9.31 Å². The molecule has 0 aromatic rings. The minimum atomic E-state index is -0.265. The molecule has 0 spiro atoms. The average molecular weight is 237 g/mol. The Labute approximate surface area is 105 Å². The third-order valence-corrected chi connectivity index (χ3v) is 3.88. The number of rotatable bonds is 3. The summed E-state index contributed by atoms with van der Waals surface area (Å²) in [6.45, 7) is 12.4. The third kappa shape index (κ3) is 2.80. The van der Waals surface area contributed by atoms with Crippen molar-refractivity contribution in [3.63, 3.8) is 0 Å². The molecule has 1 heterocycles. The van der Waals surface area contributed by atoms with Crippen molar-refractivity contribution in [3.05, 3.63) is 11.5 Å². The van der Waals surface area contributed by atoms with Crippen LogP contribution < -0.4 is 0 Å². The van der Waals surface area contributed by atoms with Crippen LogP contribution in [-0.4, -0.2) is 31.1 Å². The van der Waals surface area contributed by atoms with Crippen LogP contribution in [0.3, 0.4) is 0 Å². The van der Waals surface area contributed by atoms with Gasteiger partial charge in [-0.3, -0.25) is 4.99 Å². The molecule has 1 saturated heterocycles. The molecule has 1 aliphatic heterocycles. The molecule has 0 aromatic carbocycles. The largest absolute Gasteiger partial charge is 0.490 e. The van der Waals surface area contributed by atoms with Crippen LogP contribution in [0.1, 0.15) is 48.0 Å². The summed E-state index contributed by atoms with van der Waals surface area (Å²) in [6.07, 6.45) is 2.95. The van der Waals surface area contributed by atoms with Crippen molar-refractivity contribution in [1.82, 2.24) is 0 Å². The molecule has 0 saturated carbocycles. The molecule has 4 heteroatoms. The molecule has 0 aromatic heterocycles. The maximum atomic E-state index is 6.08. The monoisotopic (exact) mass is 237 g/mol. The molecule has 3 nitrogen and oxygen atoms in total. The van der Waals surface area contributed by atoms with Crippen molar-refractivity contribution in [2.24, 2.45) is 4.99 Å². The first-order valence-electron chi connectivity index (χ1n) is 6.23. The van der Waals surface area contributed by atoms with Crippen LogP contribution in [0, 0.1) is 0 Å². The topological polar surface area (TPSA) is 30.8 Å². The first kappa shape index (κ1) is 14.5. The summed E-state index contributed by atoms with van der Waals surface area (Å²) in [5.74, 6) is 0. The van der Waals surface area contributed by atoms with E-state index >= 15 is 0 Å². The number of nitrogens with zero attached hydrogens (tertiary/aromatic N) is 1. The van der Waals surface area contributed by atoms with Crippen molar-refractivity contribution in [2.45, 2.75) is 59.2 Å². The Bertz CT molecular complexity index is 349. The lowest BCUT2D eigenvalue weighted by Gasteiger charge is -2.35. The Hall–Kier alpha value is -0.605. The van der Waals surface area contributed by atoms with Gasteiger partial charge in [0.1, 0.15) is 0 Å². The van der Waals surface area contributed by atoms with Gasteiger partial charge in [0.2, 0.25) is 0 Å². The molecular formula is C13H24BNO2. The number of hydrogen-bond acceptors (Lipinski definition) is 3. The molecule has 96 valence electrons. The summed E-state index contributed by atoms with van der Waals surface area (Å²) in [7, 11) is 1.53. The van der Waals surface area contributed by atoms with E-state index in [4.69, 9.17) is 9.31 Å². The van der Waals surface area contributed by atoms with Crippen LogP contribution in [0.25, 0.3) is 0 Å². The Balaban J connectivity index is 2.89. The molecule has 0 radical (unpaired) electrons. The van der Waals surface area contributed by atoms with Crippen LogP contribution in [0.4, 0.5) is 0 Å². The van der Waals surface area contributed by atoms with Gasteiger partial charge in [0.05, 0.1) is 11.2 Å². The lowest BCUT2D eigenvalue weighted by Crippen LogP contribution is -2.44. The summed E-state index contributed by atoms with van der Waals surface area (Å²) >= 11 is 0. The number of aliphatic imine (C=N–C) groups is 1. The minimum absolute atomic E-state index is 0.232. The first-order chi connectivity index (χ1) is 7.75. The molecule has 1 atom stereocenters. The van der Waals surface area contributed by atoms with Gasteiger partial charge < -0.3 is 9.31 Å². The molecular weight excluding hydrogens is 213 g/mol. The highest BCUT2D eigenvalue weighted by Crippen LogP contribution is 2.40. The van der Waals surface area contributed by atoms with E-state index in [1.165, 1.54) is 0 Å². The highest BCUT2D eigenvalue weighted by molar-refractivity contribution is 6.55. The molecule has 1 rings (SSSR count). The molecule has 0 aliphatic carbocycles. The van der Waals surface area contributed by atoms with E-state index in [2.05, 4.69) is 32.7 Å². The average Bonchev–Trinajstić information content (AvgIpc) is 2.50. The summed E-state index contributed by atoms with van der Waals surface area (Å²) in [5, 5.41) is 0. The fraction of sp³-hybridized carbons (Fsp3) is 0.769. The molecule has 17 heavy (non-hydrogen) atoms. The van der Waals surface area contributed by atoms with Crippen LogP contribution in [0.5, 0.6) is 0 Å². The Kier molecular flexibility index (Phi) is 4.21. The van der Waals surface area contributed by atoms with Gasteiger partial charge in [0, 0.05) is 12.8 Å². The fourth-order valence-electron chi connectivity index (χ4n) is 1.95. The zero-order chi connectivity index (χ0) is 13.3. The fourth-order valence-corrected chi connectivity index (χ4v) is 1.95. The van der Waals surface area contributed by atoms with E-state index in [0.717, 1.165) is 17.6 Å². The zero-order valence-corrected chi connectivity index (χ0v) is 12.1. The highest BCUT2D eigenvalue weighted by atomic mass is 16.7. The normalized spacial score (nSPS) is 29.9. The summed E-state index contributed by atoms with van der Waals surface area (Å²) < 4.78 is 12.1. The van der Waals surface area contributed by atoms with Gasteiger partial charge in [-0.25, -0.2) is 0 Å². The van der Waals surface area contributed by atoms with Gasteiger partial charge in [-0.1, -0.05) is 6.92 Å². The third-order valence-electron chi connectivity index (χ3n) is 3.88. The number of allylic oxidation sites excluding steroid dienone is 2. The van der Waals surface area contributed by atoms with E-state index in [0.29, 0.717) is 0 Å². The Morgan fingerprint density at radius 3 is 2.24 bits per heavy atom. The lowest BCUT2D eigenvalue weighted by molar-refractivity contribution is -0.0118. The Morgan fingerprint density at radius 2 is 1.82 bits per heavy atom. The second-order valence-corrected chi connectivity index (χ2v) is 5.42. The van der Waals surface area contributed by atoms with Crippen LogP contribution in [0.2, 0.25) is 0 Å². The standard InChI is InChI=1S/C13H24BNO2/c1-8-13(6)12(4,5)16-14(17-13)10(2)9-11(3)15-7/h9H,8H2,1-7H3/b10-9+,15-11?. The number of hydrogen-bond donors (Lipinski definition) is 0. The van der Waals surface area contributed by atoms with Crippen LogP contribution in [-0.2, 0) is 9.31 Å². The van der Waals surface area contributed by atoms with E-state index in [-0.39, 0.29) is 18.3 Å². The van der Waals surface area contributed by atoms with Crippen molar-refractivity contribution in [1.29, 1.82) is 0 Å². The van der Waals surface area contributed by atoms with E-state index in [9.17, 15) is 0 Å². The second-order valence-electron chi connectivity index (χ2n) is 5.42. The van der Waals surface area contributed by atoms with Crippen LogP contribution >= 0.6 is 0 Å². The minimum Gasteiger partial charge on any atom is -0.400 e. The molecule has 0 N–H and O–H groups in total. The van der Waals surface area contributed by atoms with Crippen LogP contribution in [0.15, 0.2) is 16.5 Å². The maximum Gasteiger partial charge on any atom is 0.490 e. The molecule has 1 unspecified atom stereocenters. The smallest absolute Gasteiger partial charge is 0.400 e. The van der Waals surface area contributed by atoms with E-state index in [1.54, 1.807) is 7.05 Å². The van der Waals surface area contributed by atoms with Gasteiger partial charge in [-0.05, 0) is 52.6 Å². The van der Waals surface area contributed by atoms with E-state index < -0.39 is 0 Å². The van der Waals surface area contributed by atoms with Crippen molar-refractivity contribution in [2.75, 3.05) is 7.05 Å². The van der Waals surface area contributed by atoms with Gasteiger partial charge in [0.25, 0.3) is 0 Å². The quantitative estimate of drug-likeness (QED) is 0.558. The maximum absolute atomic E-state index is 6.08.